The van der Waals surface area contributed by atoms with Crippen molar-refractivity contribution < 1.29 is 9.90 Å². The van der Waals surface area contributed by atoms with E-state index in [4.69, 9.17) is 0 Å². The molecule has 2 fully saturated rings. The first-order valence-electron chi connectivity index (χ1n) is 7.34. The van der Waals surface area contributed by atoms with Crippen LogP contribution in [0.4, 0.5) is 0 Å². The molecule has 2 atom stereocenters. The fourth-order valence-corrected chi connectivity index (χ4v) is 3.10. The van der Waals surface area contributed by atoms with E-state index in [1.165, 1.54) is 0 Å². The van der Waals surface area contributed by atoms with Crippen molar-refractivity contribution in [3.63, 3.8) is 0 Å². The molecular formula is C14H27N3O2. The van der Waals surface area contributed by atoms with Gasteiger partial charge in [0.2, 0.25) is 5.91 Å². The summed E-state index contributed by atoms with van der Waals surface area (Å²) in [5.74, 6) is 0.459. The van der Waals surface area contributed by atoms with Gasteiger partial charge in [-0.2, -0.15) is 0 Å². The summed E-state index contributed by atoms with van der Waals surface area (Å²) in [6.45, 7) is 10.7. The van der Waals surface area contributed by atoms with Gasteiger partial charge in [0.15, 0.2) is 0 Å². The molecule has 2 heterocycles. The minimum absolute atomic E-state index is 0.154. The van der Waals surface area contributed by atoms with Crippen LogP contribution in [0.15, 0.2) is 0 Å². The van der Waals surface area contributed by atoms with E-state index in [1.807, 2.05) is 18.7 Å². The number of hydrogen-bond acceptors (Lipinski definition) is 4. The second kappa shape index (κ2) is 5.77. The predicted octanol–water partition coefficient (Wildman–Crippen LogP) is -0.100. The Morgan fingerprint density at radius 3 is 2.42 bits per heavy atom. The second-order valence-electron chi connectivity index (χ2n) is 6.55. The first-order valence-corrected chi connectivity index (χ1v) is 7.34. The molecule has 0 aromatic rings. The SMILES string of the molecule is CC1NCCC1C(=O)N1CCN(CC(C)(C)O)CC1. The number of hydrogen-bond donors (Lipinski definition) is 2. The highest BCUT2D eigenvalue weighted by molar-refractivity contribution is 5.80. The zero-order valence-corrected chi connectivity index (χ0v) is 12.4. The largest absolute Gasteiger partial charge is 0.389 e. The molecule has 19 heavy (non-hydrogen) atoms. The van der Waals surface area contributed by atoms with Crippen LogP contribution >= 0.6 is 0 Å². The van der Waals surface area contributed by atoms with E-state index >= 15 is 0 Å². The fourth-order valence-electron chi connectivity index (χ4n) is 3.10. The normalized spacial score (nSPS) is 29.8. The number of rotatable bonds is 3. The van der Waals surface area contributed by atoms with Gasteiger partial charge in [-0.25, -0.2) is 0 Å². The molecule has 0 aliphatic carbocycles. The average molecular weight is 269 g/mol. The lowest BCUT2D eigenvalue weighted by molar-refractivity contribution is -0.137. The van der Waals surface area contributed by atoms with Gasteiger partial charge in [0.25, 0.3) is 0 Å². The monoisotopic (exact) mass is 269 g/mol. The Morgan fingerprint density at radius 2 is 1.95 bits per heavy atom. The highest BCUT2D eigenvalue weighted by Crippen LogP contribution is 2.19. The van der Waals surface area contributed by atoms with Crippen molar-refractivity contribution in [1.82, 2.24) is 15.1 Å². The van der Waals surface area contributed by atoms with Crippen LogP contribution in [-0.2, 0) is 4.79 Å². The summed E-state index contributed by atoms with van der Waals surface area (Å²) in [6, 6.07) is 0.307. The van der Waals surface area contributed by atoms with Crippen LogP contribution in [0.5, 0.6) is 0 Å². The van der Waals surface area contributed by atoms with Crippen LogP contribution in [0, 0.1) is 5.92 Å². The third-order valence-electron chi connectivity index (χ3n) is 4.14. The number of amides is 1. The first-order chi connectivity index (χ1) is 8.87. The molecular weight excluding hydrogens is 242 g/mol. The summed E-state index contributed by atoms with van der Waals surface area (Å²) in [4.78, 5) is 16.7. The van der Waals surface area contributed by atoms with Crippen molar-refractivity contribution in [2.24, 2.45) is 5.92 Å². The van der Waals surface area contributed by atoms with Crippen LogP contribution in [-0.4, -0.2) is 71.7 Å². The van der Waals surface area contributed by atoms with Crippen molar-refractivity contribution in [2.45, 2.75) is 38.8 Å². The molecule has 5 nitrogen and oxygen atoms in total. The molecule has 0 aromatic heterocycles. The van der Waals surface area contributed by atoms with Crippen molar-refractivity contribution >= 4 is 5.91 Å². The lowest BCUT2D eigenvalue weighted by Crippen LogP contribution is -2.53. The summed E-state index contributed by atoms with van der Waals surface area (Å²) < 4.78 is 0. The van der Waals surface area contributed by atoms with E-state index in [9.17, 15) is 9.90 Å². The standard InChI is InChI=1S/C14H27N3O2/c1-11-12(4-5-15-11)13(18)17-8-6-16(7-9-17)10-14(2,3)19/h11-12,15,19H,4-10H2,1-3H3. The molecule has 0 spiro atoms. The van der Waals surface area contributed by atoms with E-state index in [0.717, 1.165) is 39.1 Å². The number of carbonyl (C=O) groups excluding carboxylic acids is 1. The maximum atomic E-state index is 12.4. The molecule has 2 saturated heterocycles. The van der Waals surface area contributed by atoms with Crippen molar-refractivity contribution in [3.8, 4) is 0 Å². The maximum Gasteiger partial charge on any atom is 0.227 e. The van der Waals surface area contributed by atoms with Crippen LogP contribution in [0.2, 0.25) is 0 Å². The van der Waals surface area contributed by atoms with E-state index in [0.29, 0.717) is 18.5 Å². The summed E-state index contributed by atoms with van der Waals surface area (Å²) >= 11 is 0. The van der Waals surface area contributed by atoms with Gasteiger partial charge in [-0.05, 0) is 33.7 Å². The molecule has 5 heteroatoms. The van der Waals surface area contributed by atoms with Gasteiger partial charge in [-0.3, -0.25) is 9.69 Å². The summed E-state index contributed by atoms with van der Waals surface area (Å²) in [5, 5.41) is 13.2. The first kappa shape index (κ1) is 14.8. The van der Waals surface area contributed by atoms with Crippen molar-refractivity contribution in [3.05, 3.63) is 0 Å². The number of piperazine rings is 1. The molecule has 1 amide bonds. The molecule has 2 aliphatic rings. The Balaban J connectivity index is 1.81. The average Bonchev–Trinajstić information content (AvgIpc) is 2.73. The fraction of sp³-hybridized carbons (Fsp3) is 0.929. The van der Waals surface area contributed by atoms with Gasteiger partial charge in [0, 0.05) is 38.8 Å². The second-order valence-corrected chi connectivity index (χ2v) is 6.55. The number of β-amino-alcohol motifs (C(OH)–C–C–N with tert-alkyl or cyclic N) is 1. The minimum Gasteiger partial charge on any atom is -0.389 e. The zero-order valence-electron chi connectivity index (χ0n) is 12.4. The minimum atomic E-state index is -0.657. The quantitative estimate of drug-likeness (QED) is 0.751. The maximum absolute atomic E-state index is 12.4. The predicted molar refractivity (Wildman–Crippen MR) is 74.9 cm³/mol. The highest BCUT2D eigenvalue weighted by atomic mass is 16.3. The van der Waals surface area contributed by atoms with Crippen LogP contribution in [0.3, 0.4) is 0 Å². The summed E-state index contributed by atoms with van der Waals surface area (Å²) in [6.07, 6.45) is 0.962. The van der Waals surface area contributed by atoms with E-state index in [2.05, 4.69) is 17.1 Å². The van der Waals surface area contributed by atoms with E-state index in [1.54, 1.807) is 0 Å². The number of nitrogens with one attached hydrogen (secondary N) is 1. The topological polar surface area (TPSA) is 55.8 Å². The smallest absolute Gasteiger partial charge is 0.227 e. The van der Waals surface area contributed by atoms with Crippen molar-refractivity contribution in [1.29, 1.82) is 0 Å². The molecule has 2 unspecified atom stereocenters. The molecule has 0 bridgehead atoms. The van der Waals surface area contributed by atoms with Gasteiger partial charge in [-0.15, -0.1) is 0 Å². The molecule has 0 aromatic carbocycles. The van der Waals surface area contributed by atoms with E-state index < -0.39 is 5.60 Å². The Morgan fingerprint density at radius 1 is 1.32 bits per heavy atom. The highest BCUT2D eigenvalue weighted by Gasteiger charge is 2.34. The van der Waals surface area contributed by atoms with Crippen LogP contribution in [0.25, 0.3) is 0 Å². The molecule has 0 radical (unpaired) electrons. The number of aliphatic hydroxyl groups is 1. The van der Waals surface area contributed by atoms with Crippen LogP contribution in [0.1, 0.15) is 27.2 Å². The lowest BCUT2D eigenvalue weighted by Gasteiger charge is -2.38. The summed E-state index contributed by atoms with van der Waals surface area (Å²) in [5.41, 5.74) is -0.657. The number of carbonyl (C=O) groups is 1. The zero-order chi connectivity index (χ0) is 14.0. The van der Waals surface area contributed by atoms with Crippen LogP contribution < -0.4 is 5.32 Å². The third-order valence-corrected chi connectivity index (χ3v) is 4.14. The van der Waals surface area contributed by atoms with Gasteiger partial charge in [-0.1, -0.05) is 0 Å². The van der Waals surface area contributed by atoms with Gasteiger partial charge in [0.1, 0.15) is 0 Å². The van der Waals surface area contributed by atoms with Crippen molar-refractivity contribution in [2.75, 3.05) is 39.3 Å². The Hall–Kier alpha value is -0.650. The molecule has 110 valence electrons. The molecule has 2 aliphatic heterocycles. The third kappa shape index (κ3) is 3.91. The van der Waals surface area contributed by atoms with E-state index in [-0.39, 0.29) is 5.92 Å². The summed E-state index contributed by atoms with van der Waals surface area (Å²) in [7, 11) is 0. The van der Waals surface area contributed by atoms with Gasteiger partial charge < -0.3 is 15.3 Å². The molecule has 2 rings (SSSR count). The lowest BCUT2D eigenvalue weighted by atomic mass is 10.00. The molecule has 2 N–H and O–H groups in total. The molecule has 0 saturated carbocycles. The Labute approximate surface area is 115 Å². The Bertz CT molecular complexity index is 319. The van der Waals surface area contributed by atoms with Gasteiger partial charge in [0.05, 0.1) is 11.5 Å². The Kier molecular flexibility index (Phi) is 4.48. The number of nitrogens with zero attached hydrogens (tertiary/aromatic N) is 2. The van der Waals surface area contributed by atoms with Gasteiger partial charge >= 0.3 is 0 Å².